The van der Waals surface area contributed by atoms with Crippen LogP contribution in [0.2, 0.25) is 0 Å². The molecule has 0 bridgehead atoms. The minimum atomic E-state index is -1.48. The van der Waals surface area contributed by atoms with E-state index in [0.717, 1.165) is 34.9 Å². The lowest BCUT2D eigenvalue weighted by atomic mass is 9.79. The van der Waals surface area contributed by atoms with Gasteiger partial charge in [0.15, 0.2) is 0 Å². The first-order valence-corrected chi connectivity index (χ1v) is 13.5. The molecule has 0 spiro atoms. The zero-order valence-electron chi connectivity index (χ0n) is 22.3. The van der Waals surface area contributed by atoms with Crippen molar-refractivity contribution in [2.45, 2.75) is 30.5 Å². The zero-order valence-corrected chi connectivity index (χ0v) is 22.3. The van der Waals surface area contributed by atoms with Gasteiger partial charge in [-0.15, -0.1) is 0 Å². The van der Waals surface area contributed by atoms with Gasteiger partial charge in [-0.3, -0.25) is 9.69 Å². The molecule has 0 saturated carbocycles. The number of hydrogen-bond donors (Lipinski definition) is 2. The third-order valence-electron chi connectivity index (χ3n) is 8.21. The van der Waals surface area contributed by atoms with E-state index in [4.69, 9.17) is 19.9 Å². The minimum absolute atomic E-state index is 0.141. The fourth-order valence-electron chi connectivity index (χ4n) is 6.30. The Kier molecular flexibility index (Phi) is 6.91. The highest BCUT2D eigenvalue weighted by Crippen LogP contribution is 2.44. The maximum atomic E-state index is 13.9. The fourth-order valence-corrected chi connectivity index (χ4v) is 6.30. The van der Waals surface area contributed by atoms with Crippen LogP contribution in [0.3, 0.4) is 0 Å². The van der Waals surface area contributed by atoms with Crippen molar-refractivity contribution >= 4 is 33.6 Å². The van der Waals surface area contributed by atoms with Gasteiger partial charge in [0.1, 0.15) is 11.9 Å². The lowest BCUT2D eigenvalue weighted by molar-refractivity contribution is -0.180. The second-order valence-electron chi connectivity index (χ2n) is 10.3. The molecule has 2 saturated heterocycles. The summed E-state index contributed by atoms with van der Waals surface area (Å²) in [5, 5.41) is 16.9. The standard InChI is InChI=1S/C30H32N4O6/c1-38-24-8-6-19-15-21(5-4-20(19)17-24)25-3-2-12-40-27(25)30(29(31)37,33-10-13-39-14-11-33)34-26-9-7-22(28(35)36)16-23(26)18-32-34/h4-9,15-18,25,27H,2-3,10-14H2,1H3,(H2,31,37)(H,35,36). The number of hydrogen-bond acceptors (Lipinski definition) is 7. The predicted octanol–water partition coefficient (Wildman–Crippen LogP) is 3.33. The van der Waals surface area contributed by atoms with Crippen LogP contribution in [0.1, 0.15) is 34.7 Å². The van der Waals surface area contributed by atoms with E-state index >= 15 is 0 Å². The number of primary amides is 1. The van der Waals surface area contributed by atoms with Gasteiger partial charge in [-0.05, 0) is 59.5 Å². The van der Waals surface area contributed by atoms with E-state index < -0.39 is 23.6 Å². The van der Waals surface area contributed by atoms with Gasteiger partial charge in [-0.1, -0.05) is 24.3 Å². The number of carboxylic acids is 1. The van der Waals surface area contributed by atoms with Crippen LogP contribution >= 0.6 is 0 Å². The Balaban J connectivity index is 1.53. The van der Waals surface area contributed by atoms with Gasteiger partial charge < -0.3 is 25.1 Å². The van der Waals surface area contributed by atoms with Crippen molar-refractivity contribution < 1.29 is 28.9 Å². The van der Waals surface area contributed by atoms with Crippen molar-refractivity contribution in [1.82, 2.24) is 14.7 Å². The van der Waals surface area contributed by atoms with Crippen LogP contribution in [0.4, 0.5) is 0 Å². The molecule has 40 heavy (non-hydrogen) atoms. The predicted molar refractivity (Wildman–Crippen MR) is 148 cm³/mol. The topological polar surface area (TPSA) is 129 Å². The van der Waals surface area contributed by atoms with Crippen molar-refractivity contribution in [3.05, 3.63) is 71.9 Å². The van der Waals surface area contributed by atoms with Crippen LogP contribution < -0.4 is 10.5 Å². The normalized spacial score (nSPS) is 21.7. The first kappa shape index (κ1) is 26.2. The number of carbonyl (C=O) groups is 2. The number of carbonyl (C=O) groups excluding carboxylic acids is 1. The van der Waals surface area contributed by atoms with E-state index in [9.17, 15) is 14.7 Å². The molecular weight excluding hydrogens is 512 g/mol. The summed E-state index contributed by atoms with van der Waals surface area (Å²) >= 11 is 0. The van der Waals surface area contributed by atoms with Gasteiger partial charge in [-0.2, -0.15) is 5.10 Å². The molecule has 6 rings (SSSR count). The molecule has 2 aliphatic rings. The molecule has 10 nitrogen and oxygen atoms in total. The maximum absolute atomic E-state index is 13.9. The summed E-state index contributed by atoms with van der Waals surface area (Å²) in [6.07, 6.45) is 2.56. The van der Waals surface area contributed by atoms with E-state index in [2.05, 4.69) is 23.3 Å². The van der Waals surface area contributed by atoms with Gasteiger partial charge >= 0.3 is 5.97 Å². The average molecular weight is 545 g/mol. The Bertz CT molecular complexity index is 1580. The highest BCUT2D eigenvalue weighted by atomic mass is 16.5. The molecule has 2 fully saturated rings. The number of nitrogens with two attached hydrogens (primary N) is 1. The summed E-state index contributed by atoms with van der Waals surface area (Å²) in [5.74, 6) is -0.985. The Morgan fingerprint density at radius 3 is 2.55 bits per heavy atom. The molecule has 3 unspecified atom stereocenters. The molecule has 3 atom stereocenters. The molecule has 0 radical (unpaired) electrons. The molecule has 2 aliphatic heterocycles. The minimum Gasteiger partial charge on any atom is -0.497 e. The summed E-state index contributed by atoms with van der Waals surface area (Å²) in [6.45, 7) is 2.27. The maximum Gasteiger partial charge on any atom is 0.335 e. The highest BCUT2D eigenvalue weighted by Gasteiger charge is 2.57. The highest BCUT2D eigenvalue weighted by molar-refractivity contribution is 5.94. The lowest BCUT2D eigenvalue weighted by Crippen LogP contribution is -2.69. The molecule has 4 aromatic rings. The fraction of sp³-hybridized carbons (Fsp3) is 0.367. The van der Waals surface area contributed by atoms with Crippen molar-refractivity contribution in [1.29, 1.82) is 0 Å². The number of morpholine rings is 1. The van der Waals surface area contributed by atoms with Gasteiger partial charge in [0, 0.05) is 31.0 Å². The summed E-state index contributed by atoms with van der Waals surface area (Å²) in [6, 6.07) is 17.0. The lowest BCUT2D eigenvalue weighted by Gasteiger charge is -2.51. The van der Waals surface area contributed by atoms with E-state index in [1.807, 2.05) is 23.1 Å². The monoisotopic (exact) mass is 544 g/mol. The van der Waals surface area contributed by atoms with Gasteiger partial charge in [-0.25, -0.2) is 9.48 Å². The van der Waals surface area contributed by atoms with Crippen LogP contribution in [0.15, 0.2) is 60.8 Å². The van der Waals surface area contributed by atoms with Gasteiger partial charge in [0.25, 0.3) is 5.91 Å². The quantitative estimate of drug-likeness (QED) is 0.363. The Labute approximate surface area is 231 Å². The molecule has 1 aromatic heterocycles. The molecule has 208 valence electrons. The molecule has 10 heteroatoms. The van der Waals surface area contributed by atoms with E-state index in [1.165, 1.54) is 6.07 Å². The number of aromatic nitrogens is 2. The number of methoxy groups -OCH3 is 1. The Morgan fingerprint density at radius 1 is 1.02 bits per heavy atom. The largest absolute Gasteiger partial charge is 0.497 e. The van der Waals surface area contributed by atoms with E-state index in [-0.39, 0.29) is 11.5 Å². The SMILES string of the molecule is COc1ccc2cc(C3CCCOC3C(C(N)=O)(N3CCOCC3)n3ncc4cc(C(=O)O)ccc43)ccc2c1. The van der Waals surface area contributed by atoms with Gasteiger partial charge in [0.05, 0.1) is 37.6 Å². The number of ether oxygens (including phenoxy) is 3. The number of aromatic carboxylic acids is 1. The summed E-state index contributed by atoms with van der Waals surface area (Å²) < 4.78 is 19.2. The van der Waals surface area contributed by atoms with Crippen molar-refractivity contribution in [2.75, 3.05) is 40.0 Å². The molecule has 3 N–H and O–H groups in total. The second-order valence-corrected chi connectivity index (χ2v) is 10.3. The first-order valence-electron chi connectivity index (χ1n) is 13.5. The summed E-state index contributed by atoms with van der Waals surface area (Å²) in [4.78, 5) is 27.5. The first-order chi connectivity index (χ1) is 19.4. The van der Waals surface area contributed by atoms with Crippen molar-refractivity contribution in [3.63, 3.8) is 0 Å². The second kappa shape index (κ2) is 10.5. The number of amides is 1. The van der Waals surface area contributed by atoms with Crippen LogP contribution in [0.5, 0.6) is 5.75 Å². The summed E-state index contributed by atoms with van der Waals surface area (Å²) in [7, 11) is 1.65. The molecule has 3 aromatic carbocycles. The van der Waals surface area contributed by atoms with Crippen LogP contribution in [0.25, 0.3) is 21.7 Å². The number of rotatable bonds is 7. The van der Waals surface area contributed by atoms with E-state index in [1.54, 1.807) is 30.1 Å². The van der Waals surface area contributed by atoms with Crippen LogP contribution in [-0.2, 0) is 19.9 Å². The number of nitrogens with zero attached hydrogens (tertiary/aromatic N) is 3. The van der Waals surface area contributed by atoms with Crippen molar-refractivity contribution in [3.8, 4) is 5.75 Å². The molecule has 1 amide bonds. The van der Waals surface area contributed by atoms with Gasteiger partial charge in [0.2, 0.25) is 5.66 Å². The Hall–Kier alpha value is -3.99. The smallest absolute Gasteiger partial charge is 0.335 e. The third-order valence-corrected chi connectivity index (χ3v) is 8.21. The van der Waals surface area contributed by atoms with Crippen LogP contribution in [0, 0.1) is 0 Å². The average Bonchev–Trinajstić information content (AvgIpc) is 3.41. The molecule has 3 heterocycles. The zero-order chi connectivity index (χ0) is 27.9. The molecule has 0 aliphatic carbocycles. The van der Waals surface area contributed by atoms with E-state index in [0.29, 0.717) is 43.8 Å². The third kappa shape index (κ3) is 4.28. The van der Waals surface area contributed by atoms with Crippen molar-refractivity contribution in [2.24, 2.45) is 5.73 Å². The van der Waals surface area contributed by atoms with Crippen LogP contribution in [-0.4, -0.2) is 77.8 Å². The number of fused-ring (bicyclic) bond motifs is 2. The Morgan fingerprint density at radius 2 is 1.80 bits per heavy atom. The number of benzene rings is 3. The molecular formula is C30H32N4O6. The number of carboxylic acid groups (broad SMARTS) is 1. The summed E-state index contributed by atoms with van der Waals surface area (Å²) in [5.41, 5.74) is 6.70.